The number of hydrogen-bond acceptors (Lipinski definition) is 5. The third-order valence-electron chi connectivity index (χ3n) is 5.43. The van der Waals surface area contributed by atoms with Gasteiger partial charge in [0.15, 0.2) is 0 Å². The van der Waals surface area contributed by atoms with E-state index in [4.69, 9.17) is 9.47 Å². The Hall–Kier alpha value is -3.55. The fraction of sp³-hybridized carbons (Fsp3) is 0.318. The molecule has 0 bridgehead atoms. The lowest BCUT2D eigenvalue weighted by molar-refractivity contribution is -0.124. The monoisotopic (exact) mass is 409 g/mol. The molecule has 2 heterocycles. The van der Waals surface area contributed by atoms with Crippen LogP contribution in [0.2, 0.25) is 0 Å². The number of hydrogen-bond donors (Lipinski definition) is 1. The second kappa shape index (κ2) is 8.06. The summed E-state index contributed by atoms with van der Waals surface area (Å²) >= 11 is 0. The topological polar surface area (TPSA) is 88.2 Å². The molecule has 0 radical (unpaired) electrons. The summed E-state index contributed by atoms with van der Waals surface area (Å²) in [5.74, 6) is 0.291. The predicted molar refractivity (Wildman–Crippen MR) is 111 cm³/mol. The van der Waals surface area contributed by atoms with Crippen molar-refractivity contribution < 1.29 is 23.9 Å². The van der Waals surface area contributed by atoms with Crippen LogP contribution in [-0.2, 0) is 9.59 Å². The molecule has 0 saturated carbocycles. The van der Waals surface area contributed by atoms with Gasteiger partial charge in [-0.25, -0.2) is 0 Å². The molecule has 2 aliphatic heterocycles. The van der Waals surface area contributed by atoms with E-state index in [-0.39, 0.29) is 24.3 Å². The number of nitrogens with zero attached hydrogens (tertiary/aromatic N) is 2. The Balaban J connectivity index is 1.61. The molecule has 8 nitrogen and oxygen atoms in total. The van der Waals surface area contributed by atoms with Crippen molar-refractivity contribution in [3.63, 3.8) is 0 Å². The first-order chi connectivity index (χ1) is 14.5. The van der Waals surface area contributed by atoms with Crippen LogP contribution in [0.15, 0.2) is 42.5 Å². The average Bonchev–Trinajstić information content (AvgIpc) is 3.23. The van der Waals surface area contributed by atoms with E-state index in [0.717, 1.165) is 6.42 Å². The molecule has 8 heteroatoms. The van der Waals surface area contributed by atoms with E-state index in [2.05, 4.69) is 5.32 Å². The second-order valence-electron chi connectivity index (χ2n) is 7.25. The van der Waals surface area contributed by atoms with Crippen molar-refractivity contribution in [3.8, 4) is 11.5 Å². The predicted octanol–water partition coefficient (Wildman–Crippen LogP) is 2.29. The lowest BCUT2D eigenvalue weighted by Crippen LogP contribution is -2.47. The first-order valence-electron chi connectivity index (χ1n) is 9.76. The molecular weight excluding hydrogens is 386 g/mol. The van der Waals surface area contributed by atoms with Crippen LogP contribution in [0.3, 0.4) is 0 Å². The summed E-state index contributed by atoms with van der Waals surface area (Å²) in [6, 6.07) is 11.4. The number of rotatable bonds is 5. The molecule has 0 spiro atoms. The van der Waals surface area contributed by atoms with Crippen LogP contribution in [0, 0.1) is 0 Å². The van der Waals surface area contributed by atoms with Gasteiger partial charge in [0.25, 0.3) is 5.91 Å². The van der Waals surface area contributed by atoms with Crippen molar-refractivity contribution >= 4 is 29.1 Å². The Morgan fingerprint density at radius 2 is 1.80 bits per heavy atom. The summed E-state index contributed by atoms with van der Waals surface area (Å²) in [7, 11) is 3.05. The fourth-order valence-electron chi connectivity index (χ4n) is 4.00. The minimum absolute atomic E-state index is 0.165. The van der Waals surface area contributed by atoms with Gasteiger partial charge in [0.1, 0.15) is 24.1 Å². The molecule has 1 atom stereocenters. The number of nitrogens with one attached hydrogen (secondary N) is 1. The number of methoxy groups -OCH3 is 2. The molecule has 1 fully saturated rings. The SMILES string of the molecule is COc1cc(NC(=O)CN2C(=O)C3CCCN3C(=O)c3ccccc32)cc(OC)c1. The molecule has 2 aromatic rings. The Kier molecular flexibility index (Phi) is 5.31. The van der Waals surface area contributed by atoms with Crippen LogP contribution in [0.4, 0.5) is 11.4 Å². The number of amides is 3. The van der Waals surface area contributed by atoms with Crippen LogP contribution in [-0.4, -0.2) is 56.0 Å². The smallest absolute Gasteiger partial charge is 0.256 e. The first kappa shape index (κ1) is 19.8. The molecule has 156 valence electrons. The summed E-state index contributed by atoms with van der Waals surface area (Å²) < 4.78 is 10.5. The zero-order chi connectivity index (χ0) is 21.3. The molecule has 2 aliphatic rings. The molecule has 1 N–H and O–H groups in total. The molecule has 1 saturated heterocycles. The zero-order valence-corrected chi connectivity index (χ0v) is 16.9. The van der Waals surface area contributed by atoms with Gasteiger partial charge in [0.05, 0.1) is 25.5 Å². The van der Waals surface area contributed by atoms with Gasteiger partial charge in [-0.1, -0.05) is 12.1 Å². The van der Waals surface area contributed by atoms with Crippen molar-refractivity contribution in [2.24, 2.45) is 0 Å². The minimum Gasteiger partial charge on any atom is -0.497 e. The van der Waals surface area contributed by atoms with Crippen LogP contribution in [0.1, 0.15) is 23.2 Å². The highest BCUT2D eigenvalue weighted by molar-refractivity contribution is 6.13. The molecule has 30 heavy (non-hydrogen) atoms. The third-order valence-corrected chi connectivity index (χ3v) is 5.43. The summed E-state index contributed by atoms with van der Waals surface area (Å²) in [4.78, 5) is 42.0. The van der Waals surface area contributed by atoms with E-state index >= 15 is 0 Å². The van der Waals surface area contributed by atoms with E-state index in [1.807, 2.05) is 0 Å². The largest absolute Gasteiger partial charge is 0.497 e. The van der Waals surface area contributed by atoms with E-state index in [9.17, 15) is 14.4 Å². The van der Waals surface area contributed by atoms with Crippen molar-refractivity contribution in [2.45, 2.75) is 18.9 Å². The Morgan fingerprint density at radius 1 is 1.10 bits per heavy atom. The molecule has 1 unspecified atom stereocenters. The van der Waals surface area contributed by atoms with Gasteiger partial charge in [-0.2, -0.15) is 0 Å². The molecular formula is C22H23N3O5. The summed E-state index contributed by atoms with van der Waals surface area (Å²) in [6.45, 7) is 0.347. The number of fused-ring (bicyclic) bond motifs is 2. The van der Waals surface area contributed by atoms with E-state index < -0.39 is 6.04 Å². The van der Waals surface area contributed by atoms with Gasteiger partial charge in [0, 0.05) is 30.4 Å². The van der Waals surface area contributed by atoms with Gasteiger partial charge in [-0.15, -0.1) is 0 Å². The fourth-order valence-corrected chi connectivity index (χ4v) is 4.00. The van der Waals surface area contributed by atoms with Gasteiger partial charge in [0.2, 0.25) is 11.8 Å². The Bertz CT molecular complexity index is 984. The van der Waals surface area contributed by atoms with E-state index in [0.29, 0.717) is 41.4 Å². The number of anilines is 2. The Morgan fingerprint density at radius 3 is 2.50 bits per heavy atom. The number of para-hydroxylation sites is 1. The minimum atomic E-state index is -0.533. The molecule has 3 amide bonds. The lowest BCUT2D eigenvalue weighted by Gasteiger charge is -2.25. The van der Waals surface area contributed by atoms with E-state index in [1.54, 1.807) is 47.4 Å². The summed E-state index contributed by atoms with van der Waals surface area (Å²) in [6.07, 6.45) is 1.37. The molecule has 2 aromatic carbocycles. The molecule has 0 aromatic heterocycles. The maximum atomic E-state index is 13.2. The highest BCUT2D eigenvalue weighted by atomic mass is 16.5. The zero-order valence-electron chi connectivity index (χ0n) is 16.9. The first-order valence-corrected chi connectivity index (χ1v) is 9.76. The average molecular weight is 409 g/mol. The van der Waals surface area contributed by atoms with Gasteiger partial charge in [-0.05, 0) is 25.0 Å². The van der Waals surface area contributed by atoms with Crippen LogP contribution in [0.25, 0.3) is 0 Å². The number of benzene rings is 2. The normalized spacial score (nSPS) is 17.9. The van der Waals surface area contributed by atoms with Crippen molar-refractivity contribution in [3.05, 3.63) is 48.0 Å². The number of carbonyl (C=O) groups excluding carboxylic acids is 3. The summed E-state index contributed by atoms with van der Waals surface area (Å²) in [5, 5.41) is 2.79. The van der Waals surface area contributed by atoms with Crippen molar-refractivity contribution in [2.75, 3.05) is 37.5 Å². The molecule has 4 rings (SSSR count). The van der Waals surface area contributed by atoms with Crippen LogP contribution < -0.4 is 19.7 Å². The van der Waals surface area contributed by atoms with Crippen LogP contribution >= 0.6 is 0 Å². The highest BCUT2D eigenvalue weighted by Gasteiger charge is 2.42. The summed E-state index contributed by atoms with van der Waals surface area (Å²) in [5.41, 5.74) is 1.39. The number of ether oxygens (including phenoxy) is 2. The second-order valence-corrected chi connectivity index (χ2v) is 7.25. The van der Waals surface area contributed by atoms with Gasteiger partial charge in [-0.3, -0.25) is 14.4 Å². The van der Waals surface area contributed by atoms with Gasteiger partial charge < -0.3 is 24.6 Å². The van der Waals surface area contributed by atoms with Crippen molar-refractivity contribution in [1.82, 2.24) is 4.90 Å². The highest BCUT2D eigenvalue weighted by Crippen LogP contribution is 2.32. The van der Waals surface area contributed by atoms with Crippen LogP contribution in [0.5, 0.6) is 11.5 Å². The van der Waals surface area contributed by atoms with Gasteiger partial charge >= 0.3 is 0 Å². The maximum absolute atomic E-state index is 13.2. The maximum Gasteiger partial charge on any atom is 0.256 e. The molecule has 0 aliphatic carbocycles. The Labute approximate surface area is 174 Å². The lowest BCUT2D eigenvalue weighted by atomic mass is 10.1. The van der Waals surface area contributed by atoms with Crippen molar-refractivity contribution in [1.29, 1.82) is 0 Å². The standard InChI is InChI=1S/C22H23N3O5/c1-29-15-10-14(11-16(12-15)30-2)23-20(26)13-25-18-7-4-3-6-17(18)21(27)24-9-5-8-19(24)22(25)28/h3-4,6-7,10-12,19H,5,8-9,13H2,1-2H3,(H,23,26). The van der Waals surface area contributed by atoms with E-state index in [1.165, 1.54) is 19.1 Å². The quantitative estimate of drug-likeness (QED) is 0.819. The number of carbonyl (C=O) groups is 3. The third kappa shape index (κ3) is 3.56.